The first-order valence-corrected chi connectivity index (χ1v) is 7.32. The normalized spacial score (nSPS) is 16.4. The highest BCUT2D eigenvalue weighted by atomic mass is 35.5. The van der Waals surface area contributed by atoms with Crippen LogP contribution in [0.2, 0.25) is 5.02 Å². The van der Waals surface area contributed by atoms with Gasteiger partial charge >= 0.3 is 0 Å². The van der Waals surface area contributed by atoms with E-state index in [2.05, 4.69) is 6.92 Å². The largest absolute Gasteiger partial charge is 0.466 e. The molecule has 1 fully saturated rings. The van der Waals surface area contributed by atoms with Gasteiger partial charge in [-0.2, -0.15) is 0 Å². The van der Waals surface area contributed by atoms with Gasteiger partial charge in [0.2, 0.25) is 0 Å². The van der Waals surface area contributed by atoms with Gasteiger partial charge in [0.1, 0.15) is 5.75 Å². The Morgan fingerprint density at radius 1 is 1.42 bits per heavy atom. The first kappa shape index (κ1) is 14.6. The van der Waals surface area contributed by atoms with Gasteiger partial charge < -0.3 is 15.2 Å². The van der Waals surface area contributed by atoms with Gasteiger partial charge in [-0.3, -0.25) is 0 Å². The van der Waals surface area contributed by atoms with E-state index in [1.54, 1.807) is 0 Å². The Hall–Kier alpha value is -0.770. The number of hydrogen-bond acceptors (Lipinski definition) is 3. The summed E-state index contributed by atoms with van der Waals surface area (Å²) < 4.78 is 11.2. The number of para-hydroxylation sites is 1. The molecule has 1 aliphatic rings. The van der Waals surface area contributed by atoms with Gasteiger partial charge in [0.05, 0.1) is 11.6 Å². The van der Waals surface area contributed by atoms with Gasteiger partial charge in [0.25, 0.3) is 0 Å². The standard InChI is InChI=1S/C15H22ClNO2/c1-2-13(17)8-12-4-3-5-14(16)15(12)19-10-18-9-11-6-7-11/h3-5,11,13H,2,6-10,17H2,1H3. The van der Waals surface area contributed by atoms with Crippen LogP contribution in [0.5, 0.6) is 5.75 Å². The Kier molecular flexibility index (Phi) is 5.49. The Bertz CT molecular complexity index is 407. The van der Waals surface area contributed by atoms with Gasteiger partial charge in [0.15, 0.2) is 6.79 Å². The van der Waals surface area contributed by atoms with Crippen molar-refractivity contribution in [3.05, 3.63) is 28.8 Å². The fraction of sp³-hybridized carbons (Fsp3) is 0.600. The molecular weight excluding hydrogens is 262 g/mol. The average molecular weight is 284 g/mol. The summed E-state index contributed by atoms with van der Waals surface area (Å²) in [6.07, 6.45) is 4.27. The minimum atomic E-state index is 0.133. The lowest BCUT2D eigenvalue weighted by Crippen LogP contribution is -2.22. The number of nitrogens with two attached hydrogens (primary N) is 1. The van der Waals surface area contributed by atoms with Gasteiger partial charge in [0, 0.05) is 6.04 Å². The zero-order valence-corrected chi connectivity index (χ0v) is 12.2. The lowest BCUT2D eigenvalue weighted by atomic mass is 10.0. The van der Waals surface area contributed by atoms with Gasteiger partial charge in [-0.15, -0.1) is 0 Å². The van der Waals surface area contributed by atoms with E-state index < -0.39 is 0 Å². The van der Waals surface area contributed by atoms with E-state index in [-0.39, 0.29) is 12.8 Å². The van der Waals surface area contributed by atoms with Crippen molar-refractivity contribution < 1.29 is 9.47 Å². The van der Waals surface area contributed by atoms with E-state index in [9.17, 15) is 0 Å². The van der Waals surface area contributed by atoms with Crippen molar-refractivity contribution in [2.45, 2.75) is 38.6 Å². The SMILES string of the molecule is CCC(N)Cc1cccc(Cl)c1OCOCC1CC1. The van der Waals surface area contributed by atoms with E-state index in [4.69, 9.17) is 26.8 Å². The van der Waals surface area contributed by atoms with Crippen molar-refractivity contribution in [1.29, 1.82) is 0 Å². The second kappa shape index (κ2) is 7.13. The van der Waals surface area contributed by atoms with Crippen LogP contribution in [0.1, 0.15) is 31.7 Å². The predicted molar refractivity (Wildman–Crippen MR) is 77.6 cm³/mol. The molecule has 1 saturated carbocycles. The summed E-state index contributed by atoms with van der Waals surface area (Å²) in [5.74, 6) is 1.45. The molecule has 0 saturated heterocycles. The molecule has 0 spiro atoms. The number of rotatable bonds is 8. The smallest absolute Gasteiger partial charge is 0.189 e. The predicted octanol–water partition coefficient (Wildman–Crippen LogP) is 3.38. The van der Waals surface area contributed by atoms with Crippen LogP contribution in [0.3, 0.4) is 0 Å². The van der Waals surface area contributed by atoms with E-state index in [1.807, 2.05) is 18.2 Å². The van der Waals surface area contributed by atoms with Crippen LogP contribution in [0.4, 0.5) is 0 Å². The molecule has 0 radical (unpaired) electrons. The molecule has 2 N–H and O–H groups in total. The Morgan fingerprint density at radius 3 is 2.89 bits per heavy atom. The summed E-state index contributed by atoms with van der Waals surface area (Å²) in [6, 6.07) is 5.90. The number of benzene rings is 1. The molecular formula is C15H22ClNO2. The molecule has 1 aromatic rings. The van der Waals surface area contributed by atoms with Crippen molar-refractivity contribution >= 4 is 11.6 Å². The Balaban J connectivity index is 1.91. The molecule has 0 aromatic heterocycles. The zero-order chi connectivity index (χ0) is 13.7. The maximum absolute atomic E-state index is 6.19. The van der Waals surface area contributed by atoms with Crippen molar-refractivity contribution in [3.8, 4) is 5.75 Å². The van der Waals surface area contributed by atoms with Crippen LogP contribution in [-0.4, -0.2) is 19.4 Å². The molecule has 2 rings (SSSR count). The van der Waals surface area contributed by atoms with E-state index in [0.717, 1.165) is 30.9 Å². The summed E-state index contributed by atoms with van der Waals surface area (Å²) in [6.45, 7) is 3.12. The molecule has 0 amide bonds. The lowest BCUT2D eigenvalue weighted by molar-refractivity contribution is 0.00948. The van der Waals surface area contributed by atoms with Crippen molar-refractivity contribution in [3.63, 3.8) is 0 Å². The summed E-state index contributed by atoms with van der Waals surface area (Å²) in [5.41, 5.74) is 7.05. The van der Waals surface area contributed by atoms with Crippen LogP contribution in [0.25, 0.3) is 0 Å². The average Bonchev–Trinajstić information content (AvgIpc) is 3.21. The quantitative estimate of drug-likeness (QED) is 0.587. The summed E-state index contributed by atoms with van der Waals surface area (Å²) in [5, 5.41) is 0.621. The zero-order valence-electron chi connectivity index (χ0n) is 11.4. The molecule has 19 heavy (non-hydrogen) atoms. The molecule has 3 nitrogen and oxygen atoms in total. The molecule has 1 unspecified atom stereocenters. The monoisotopic (exact) mass is 283 g/mol. The molecule has 1 aromatic carbocycles. The molecule has 0 bridgehead atoms. The second-order valence-corrected chi connectivity index (χ2v) is 5.58. The van der Waals surface area contributed by atoms with Crippen molar-refractivity contribution in [2.75, 3.05) is 13.4 Å². The number of ether oxygens (including phenoxy) is 2. The minimum absolute atomic E-state index is 0.133. The van der Waals surface area contributed by atoms with Crippen LogP contribution < -0.4 is 10.5 Å². The van der Waals surface area contributed by atoms with Crippen LogP contribution in [0.15, 0.2) is 18.2 Å². The highest BCUT2D eigenvalue weighted by molar-refractivity contribution is 6.32. The Labute approximate surface area is 120 Å². The molecule has 0 aliphatic heterocycles. The van der Waals surface area contributed by atoms with E-state index in [1.165, 1.54) is 12.8 Å². The number of halogens is 1. The summed E-state index contributed by atoms with van der Waals surface area (Å²) in [7, 11) is 0. The molecule has 4 heteroatoms. The minimum Gasteiger partial charge on any atom is -0.466 e. The van der Waals surface area contributed by atoms with Gasteiger partial charge in [-0.05, 0) is 43.2 Å². The maximum atomic E-state index is 6.19. The van der Waals surface area contributed by atoms with Crippen LogP contribution in [0, 0.1) is 5.92 Å². The highest BCUT2D eigenvalue weighted by Gasteiger charge is 2.21. The summed E-state index contributed by atoms with van der Waals surface area (Å²) >= 11 is 6.19. The summed E-state index contributed by atoms with van der Waals surface area (Å²) in [4.78, 5) is 0. The van der Waals surface area contributed by atoms with Gasteiger partial charge in [-0.1, -0.05) is 30.7 Å². The molecule has 1 aliphatic carbocycles. The third-order valence-corrected chi connectivity index (χ3v) is 3.69. The van der Waals surface area contributed by atoms with Crippen LogP contribution in [-0.2, 0) is 11.2 Å². The lowest BCUT2D eigenvalue weighted by Gasteiger charge is -2.15. The fourth-order valence-electron chi connectivity index (χ4n) is 1.90. The topological polar surface area (TPSA) is 44.5 Å². The number of hydrogen-bond donors (Lipinski definition) is 1. The third kappa shape index (κ3) is 4.68. The van der Waals surface area contributed by atoms with Crippen LogP contribution >= 0.6 is 11.6 Å². The van der Waals surface area contributed by atoms with E-state index in [0.29, 0.717) is 10.8 Å². The van der Waals surface area contributed by atoms with Crippen molar-refractivity contribution in [1.82, 2.24) is 0 Å². The van der Waals surface area contributed by atoms with Crippen molar-refractivity contribution in [2.24, 2.45) is 11.7 Å². The van der Waals surface area contributed by atoms with Gasteiger partial charge in [-0.25, -0.2) is 0 Å². The van der Waals surface area contributed by atoms with E-state index >= 15 is 0 Å². The molecule has 0 heterocycles. The second-order valence-electron chi connectivity index (χ2n) is 5.18. The first-order chi connectivity index (χ1) is 9.20. The highest BCUT2D eigenvalue weighted by Crippen LogP contribution is 2.31. The maximum Gasteiger partial charge on any atom is 0.189 e. The first-order valence-electron chi connectivity index (χ1n) is 6.94. The fourth-order valence-corrected chi connectivity index (χ4v) is 2.15. The third-order valence-electron chi connectivity index (χ3n) is 3.39. The molecule has 106 valence electrons. The molecule has 1 atom stereocenters. The Morgan fingerprint density at radius 2 is 2.21 bits per heavy atom.